The van der Waals surface area contributed by atoms with Gasteiger partial charge in [-0.2, -0.15) is 0 Å². The minimum atomic E-state index is -0.386. The lowest BCUT2D eigenvalue weighted by molar-refractivity contribution is 0.0892. The van der Waals surface area contributed by atoms with Gasteiger partial charge in [-0.05, 0) is 24.6 Å². The van der Waals surface area contributed by atoms with Crippen LogP contribution in [0.15, 0.2) is 18.2 Å². The number of hydrogen-bond acceptors (Lipinski definition) is 4. The van der Waals surface area contributed by atoms with Crippen molar-refractivity contribution in [3.8, 4) is 11.5 Å². The molecule has 0 aliphatic heterocycles. The number of carbonyl (C=O) groups is 1. The summed E-state index contributed by atoms with van der Waals surface area (Å²) in [5, 5.41) is 12.5. The van der Waals surface area contributed by atoms with Gasteiger partial charge in [0.1, 0.15) is 11.5 Å². The van der Waals surface area contributed by atoms with E-state index >= 15 is 0 Å². The second-order valence-electron chi connectivity index (χ2n) is 3.99. The van der Waals surface area contributed by atoms with Crippen LogP contribution in [-0.2, 0) is 4.74 Å². The quantitative estimate of drug-likeness (QED) is 0.750. The molecule has 2 N–H and O–H groups in total. The number of amides is 1. The highest BCUT2D eigenvalue weighted by molar-refractivity contribution is 6.17. The minimum absolute atomic E-state index is 0.0969. The lowest BCUT2D eigenvalue weighted by Crippen LogP contribution is -2.38. The van der Waals surface area contributed by atoms with Crippen LogP contribution in [0.4, 0.5) is 0 Å². The van der Waals surface area contributed by atoms with Crippen molar-refractivity contribution in [3.05, 3.63) is 23.8 Å². The molecular weight excluding hydrogens is 270 g/mol. The molecule has 0 aromatic heterocycles. The van der Waals surface area contributed by atoms with E-state index in [0.29, 0.717) is 24.7 Å². The Kier molecular flexibility index (Phi) is 6.45. The molecule has 0 bridgehead atoms. The molecule has 0 spiro atoms. The molecule has 1 amide bonds. The first kappa shape index (κ1) is 15.6. The van der Waals surface area contributed by atoms with Gasteiger partial charge in [-0.25, -0.2) is 0 Å². The van der Waals surface area contributed by atoms with Gasteiger partial charge in [0.2, 0.25) is 0 Å². The van der Waals surface area contributed by atoms with E-state index in [2.05, 4.69) is 5.32 Å². The Morgan fingerprint density at radius 3 is 2.79 bits per heavy atom. The van der Waals surface area contributed by atoms with E-state index in [1.165, 1.54) is 19.2 Å². The molecule has 1 atom stereocenters. The second kappa shape index (κ2) is 7.86. The summed E-state index contributed by atoms with van der Waals surface area (Å²) in [4.78, 5) is 12.1. The number of phenols is 1. The largest absolute Gasteiger partial charge is 0.507 e. The number of aromatic hydroxyl groups is 1. The highest BCUT2D eigenvalue weighted by Gasteiger charge is 2.17. The maximum Gasteiger partial charge on any atom is 0.255 e. The van der Waals surface area contributed by atoms with Crippen molar-refractivity contribution in [1.29, 1.82) is 0 Å². The Bertz CT molecular complexity index is 419. The molecule has 1 aromatic rings. The van der Waals surface area contributed by atoms with Crippen LogP contribution in [0.5, 0.6) is 11.5 Å². The van der Waals surface area contributed by atoms with Gasteiger partial charge in [0.25, 0.3) is 5.91 Å². The molecule has 1 aromatic carbocycles. The molecule has 6 heteroatoms. The fourth-order valence-corrected chi connectivity index (χ4v) is 1.88. The highest BCUT2D eigenvalue weighted by Crippen LogP contribution is 2.22. The van der Waals surface area contributed by atoms with Gasteiger partial charge in [0.15, 0.2) is 0 Å². The summed E-state index contributed by atoms with van der Waals surface area (Å²) >= 11 is 5.66. The van der Waals surface area contributed by atoms with Crippen molar-refractivity contribution < 1.29 is 19.4 Å². The summed E-state index contributed by atoms with van der Waals surface area (Å²) in [6.07, 6.45) is 0.589. The summed E-state index contributed by atoms with van der Waals surface area (Å²) < 4.78 is 10.0. The zero-order chi connectivity index (χ0) is 14.3. The fraction of sp³-hybridized carbons (Fsp3) is 0.462. The molecular formula is C13H18ClNO4. The van der Waals surface area contributed by atoms with E-state index in [1.54, 1.807) is 13.2 Å². The number of methoxy groups -OCH3 is 2. The Morgan fingerprint density at radius 1 is 1.47 bits per heavy atom. The van der Waals surface area contributed by atoms with Gasteiger partial charge in [-0.1, -0.05) is 0 Å². The molecule has 0 aliphatic rings. The lowest BCUT2D eigenvalue weighted by atomic mass is 10.1. The number of carbonyl (C=O) groups excluding carboxylic acids is 1. The number of alkyl halides is 1. The van der Waals surface area contributed by atoms with Crippen molar-refractivity contribution in [2.75, 3.05) is 26.7 Å². The van der Waals surface area contributed by atoms with Crippen molar-refractivity contribution in [2.24, 2.45) is 0 Å². The average Bonchev–Trinajstić information content (AvgIpc) is 2.39. The van der Waals surface area contributed by atoms with Crippen LogP contribution in [0.2, 0.25) is 0 Å². The van der Waals surface area contributed by atoms with Gasteiger partial charge >= 0.3 is 0 Å². The van der Waals surface area contributed by atoms with Crippen LogP contribution in [0, 0.1) is 0 Å². The highest BCUT2D eigenvalue weighted by atomic mass is 35.5. The van der Waals surface area contributed by atoms with Crippen molar-refractivity contribution in [3.63, 3.8) is 0 Å². The van der Waals surface area contributed by atoms with E-state index in [0.717, 1.165) is 0 Å². The van der Waals surface area contributed by atoms with Gasteiger partial charge in [0.05, 0.1) is 25.3 Å². The van der Waals surface area contributed by atoms with E-state index in [4.69, 9.17) is 21.1 Å². The van der Waals surface area contributed by atoms with E-state index in [9.17, 15) is 9.90 Å². The lowest BCUT2D eigenvalue weighted by Gasteiger charge is -2.17. The monoisotopic (exact) mass is 287 g/mol. The number of nitrogens with one attached hydrogen (secondary N) is 1. The molecule has 5 nitrogen and oxygen atoms in total. The molecule has 19 heavy (non-hydrogen) atoms. The normalized spacial score (nSPS) is 11.9. The number of hydrogen-bond donors (Lipinski definition) is 2. The Labute approximate surface area is 117 Å². The standard InChI is InChI=1S/C13H18ClNO4/c1-18-8-9(5-6-14)15-13(17)11-7-10(19-2)3-4-12(11)16/h3-4,7,9,16H,5-6,8H2,1-2H3,(H,15,17). The zero-order valence-electron chi connectivity index (χ0n) is 11.0. The number of rotatable bonds is 7. The van der Waals surface area contributed by atoms with E-state index in [1.807, 2.05) is 0 Å². The van der Waals surface area contributed by atoms with Crippen molar-refractivity contribution >= 4 is 17.5 Å². The first-order chi connectivity index (χ1) is 9.12. The third-order valence-corrected chi connectivity index (χ3v) is 2.83. The molecule has 1 unspecified atom stereocenters. The number of benzene rings is 1. The fourth-order valence-electron chi connectivity index (χ4n) is 1.62. The molecule has 0 saturated heterocycles. The molecule has 0 fully saturated rings. The number of halogens is 1. The number of phenolic OH excluding ortho intramolecular Hbond substituents is 1. The predicted octanol–water partition coefficient (Wildman–Crippen LogP) is 1.77. The Hall–Kier alpha value is -1.46. The van der Waals surface area contributed by atoms with E-state index < -0.39 is 0 Å². The Balaban J connectivity index is 2.81. The first-order valence-electron chi connectivity index (χ1n) is 5.85. The zero-order valence-corrected chi connectivity index (χ0v) is 11.7. The summed E-state index contributed by atoms with van der Waals surface area (Å²) in [7, 11) is 3.05. The van der Waals surface area contributed by atoms with Crippen molar-refractivity contribution in [2.45, 2.75) is 12.5 Å². The van der Waals surface area contributed by atoms with Crippen LogP contribution >= 0.6 is 11.6 Å². The summed E-state index contributed by atoms with van der Waals surface area (Å²) in [5.41, 5.74) is 0.162. The second-order valence-corrected chi connectivity index (χ2v) is 4.36. The summed E-state index contributed by atoms with van der Waals surface area (Å²) in [6.45, 7) is 0.364. The maximum atomic E-state index is 12.1. The van der Waals surface area contributed by atoms with Crippen LogP contribution < -0.4 is 10.1 Å². The molecule has 0 aliphatic carbocycles. The molecule has 106 valence electrons. The molecule has 1 rings (SSSR count). The van der Waals surface area contributed by atoms with Gasteiger partial charge in [-0.3, -0.25) is 4.79 Å². The average molecular weight is 288 g/mol. The van der Waals surface area contributed by atoms with Crippen molar-refractivity contribution in [1.82, 2.24) is 5.32 Å². The van der Waals surface area contributed by atoms with Gasteiger partial charge < -0.3 is 19.9 Å². The maximum absolute atomic E-state index is 12.1. The third-order valence-electron chi connectivity index (χ3n) is 2.61. The molecule has 0 heterocycles. The Morgan fingerprint density at radius 2 is 2.21 bits per heavy atom. The predicted molar refractivity (Wildman–Crippen MR) is 73.1 cm³/mol. The first-order valence-corrected chi connectivity index (χ1v) is 6.38. The van der Waals surface area contributed by atoms with Gasteiger partial charge in [0, 0.05) is 13.0 Å². The molecule has 0 saturated carbocycles. The van der Waals surface area contributed by atoms with Crippen LogP contribution in [-0.4, -0.2) is 43.8 Å². The topological polar surface area (TPSA) is 67.8 Å². The summed E-state index contributed by atoms with van der Waals surface area (Å²) in [6, 6.07) is 4.29. The van der Waals surface area contributed by atoms with Gasteiger partial charge in [-0.15, -0.1) is 11.6 Å². The SMILES string of the molecule is COCC(CCCl)NC(=O)c1cc(OC)ccc1O. The van der Waals surface area contributed by atoms with Crippen LogP contribution in [0.1, 0.15) is 16.8 Å². The van der Waals surface area contributed by atoms with Crippen LogP contribution in [0.3, 0.4) is 0 Å². The molecule has 0 radical (unpaired) electrons. The third kappa shape index (κ3) is 4.61. The smallest absolute Gasteiger partial charge is 0.255 e. The summed E-state index contributed by atoms with van der Waals surface area (Å²) in [5.74, 6) is 0.436. The van der Waals surface area contributed by atoms with Crippen LogP contribution in [0.25, 0.3) is 0 Å². The number of ether oxygens (including phenoxy) is 2. The van der Waals surface area contributed by atoms with E-state index in [-0.39, 0.29) is 23.3 Å². The minimum Gasteiger partial charge on any atom is -0.507 e.